The number of pyridine rings is 1. The third-order valence-corrected chi connectivity index (χ3v) is 23.2. The molecule has 0 unspecified atom stereocenters. The maximum atomic E-state index is 5.02. The van der Waals surface area contributed by atoms with Crippen LogP contribution in [0.15, 0.2) is 370 Å². The molecule has 0 radical (unpaired) electrons. The quantitative estimate of drug-likeness (QED) is 0.0997. The van der Waals surface area contributed by atoms with Crippen molar-refractivity contribution in [3.05, 3.63) is 370 Å². The van der Waals surface area contributed by atoms with Gasteiger partial charge in [0.05, 0.1) is 25.9 Å². The smallest absolute Gasteiger partial charge is 0.164 e. The lowest BCUT2D eigenvalue weighted by Crippen LogP contribution is -2.00. The van der Waals surface area contributed by atoms with Gasteiger partial charge in [-0.15, -0.1) is 43.1 Å². The zero-order chi connectivity index (χ0) is 78.2. The summed E-state index contributed by atoms with van der Waals surface area (Å²) in [6.07, 6.45) is 0. The lowest BCUT2D eigenvalue weighted by molar-refractivity contribution is 0.904. The van der Waals surface area contributed by atoms with E-state index in [0.717, 1.165) is 174 Å². The number of hydrogen-bond acceptors (Lipinski definition) is 17. The predicted molar refractivity (Wildman–Crippen MR) is 477 cm³/mol. The van der Waals surface area contributed by atoms with Crippen LogP contribution in [0.1, 0.15) is 0 Å². The molecule has 8 aromatic heterocycles. The van der Waals surface area contributed by atoms with Crippen LogP contribution >= 0.6 is 22.7 Å². The molecule has 0 aliphatic rings. The molecule has 0 atom stereocenters. The zero-order valence-corrected chi connectivity index (χ0v) is 64.4. The van der Waals surface area contributed by atoms with E-state index in [2.05, 4.69) is 286 Å². The van der Waals surface area contributed by atoms with E-state index in [-0.39, 0.29) is 0 Å². The van der Waals surface area contributed by atoms with Crippen LogP contribution < -0.4 is 0 Å². The molecule has 0 fully saturated rings. The minimum absolute atomic E-state index is 0.618. The van der Waals surface area contributed by atoms with Gasteiger partial charge in [0.25, 0.3) is 0 Å². The van der Waals surface area contributed by atoms with Gasteiger partial charge in [0.2, 0.25) is 0 Å². The number of benzene rings is 14. The summed E-state index contributed by atoms with van der Waals surface area (Å²) in [5.41, 5.74) is 27.4. The maximum Gasteiger partial charge on any atom is 0.164 e. The molecule has 0 amide bonds. The van der Waals surface area contributed by atoms with Gasteiger partial charge in [0, 0.05) is 55.3 Å². The first-order valence-corrected chi connectivity index (χ1v) is 40.1. The highest BCUT2D eigenvalue weighted by atomic mass is 32.1. The highest BCUT2D eigenvalue weighted by molar-refractivity contribution is 7.26. The van der Waals surface area contributed by atoms with Gasteiger partial charge in [-0.05, 0) is 114 Å². The third-order valence-electron chi connectivity index (χ3n) is 21.0. The Kier molecular flexibility index (Phi) is 18.2. The van der Waals surface area contributed by atoms with Crippen molar-refractivity contribution in [3.8, 4) is 158 Å². The Hall–Kier alpha value is -15.7. The van der Waals surface area contributed by atoms with E-state index in [1.807, 2.05) is 115 Å². The number of thiophene rings is 2. The molecule has 0 spiro atoms. The highest BCUT2D eigenvalue weighted by Crippen LogP contribution is 2.42. The summed E-state index contributed by atoms with van der Waals surface area (Å²) in [5, 5.41) is 28.1. The molecule has 0 N–H and O–H groups in total. The zero-order valence-electron chi connectivity index (χ0n) is 62.7. The first kappa shape index (κ1) is 70.2. The molecule has 0 saturated carbocycles. The van der Waals surface area contributed by atoms with Crippen LogP contribution in [0.2, 0.25) is 0 Å². The second-order valence-electron chi connectivity index (χ2n) is 28.4. The second kappa shape index (κ2) is 30.7. The minimum atomic E-state index is 0.618. The minimum Gasteiger partial charge on any atom is -0.241 e. The standard InChI is InChI=1S/C51H31N7S.C50H30N8S/c1-3-10-32(11-4-1)33-24-28-39(29-25-33)49-53-48(38-12-5-2-6-13-38)54-50(55-49)42-16-9-15-40(30-42)36-20-18-34(19-21-36)35-22-26-37(27-23-35)45-47-46(57-58-56-45)43-31-41-14-7-8-17-44(41)52-51(43)59-47;1-3-10-31(11-4-1)32-24-28-38(29-25-32)48-53-47(37-12-5-2-6-13-37)54-49(55-48)40-15-9-14-39(30-40)35-20-18-33(19-21-35)34-22-26-36(27-23-34)43-46-44(57-58-56-43)45-50(59-46)52-42-17-8-7-16-41(42)51-45/h1-31H;1-30H. The van der Waals surface area contributed by atoms with Gasteiger partial charge in [-0.2, -0.15) is 0 Å². The largest absolute Gasteiger partial charge is 0.241 e. The van der Waals surface area contributed by atoms with Crippen LogP contribution in [-0.4, -0.2) is 75.7 Å². The molecule has 0 aliphatic heterocycles. The molecular formula is C101H61N15S2. The Labute approximate surface area is 684 Å². The molecule has 8 heterocycles. The topological polar surface area (TPSA) is 193 Å². The number of hydrogen-bond donors (Lipinski definition) is 0. The van der Waals surface area contributed by atoms with E-state index in [1.165, 1.54) is 11.1 Å². The van der Waals surface area contributed by atoms with Crippen molar-refractivity contribution in [1.29, 1.82) is 0 Å². The molecule has 118 heavy (non-hydrogen) atoms. The molecule has 552 valence electrons. The Morgan fingerprint density at radius 3 is 0.873 bits per heavy atom. The van der Waals surface area contributed by atoms with E-state index >= 15 is 0 Å². The Morgan fingerprint density at radius 2 is 0.449 bits per heavy atom. The summed E-state index contributed by atoms with van der Waals surface area (Å²) < 4.78 is 1.91. The average Bonchev–Trinajstić information content (AvgIpc) is 1.61. The van der Waals surface area contributed by atoms with E-state index in [4.69, 9.17) is 44.9 Å². The third kappa shape index (κ3) is 13.9. The number of para-hydroxylation sites is 3. The van der Waals surface area contributed by atoms with Crippen LogP contribution in [0.5, 0.6) is 0 Å². The first-order chi connectivity index (χ1) is 58.4. The molecule has 0 bridgehead atoms. The van der Waals surface area contributed by atoms with E-state index in [0.29, 0.717) is 34.9 Å². The molecule has 15 nitrogen and oxygen atoms in total. The number of aromatic nitrogens is 15. The van der Waals surface area contributed by atoms with Gasteiger partial charge in [0.15, 0.2) is 34.9 Å². The summed E-state index contributed by atoms with van der Waals surface area (Å²) in [6, 6.07) is 127. The SMILES string of the molecule is c1ccc(-c2ccc(-c3nc(-c4ccccc4)nc(-c4cccc(-c5ccc(-c6ccc(-c7nnnc8c7sc7nc9ccccc9cc78)cc6)cc5)c4)n3)cc2)cc1.c1ccc(-c2ccc(-c3nc(-c4ccccc4)nc(-c4cccc(-c5ccc(-c6ccc(-c7nnnc8c7sc7nc9ccccc9nc78)cc6)cc5)c4)n3)cc2)cc1. The van der Waals surface area contributed by atoms with E-state index in [1.54, 1.807) is 22.7 Å². The van der Waals surface area contributed by atoms with Crippen molar-refractivity contribution >= 4 is 85.6 Å². The predicted octanol–water partition coefficient (Wildman–Crippen LogP) is 24.7. The Balaban J connectivity index is 0.000000147. The molecule has 14 aromatic carbocycles. The Bertz CT molecular complexity index is 7040. The van der Waals surface area contributed by atoms with Crippen molar-refractivity contribution in [2.45, 2.75) is 0 Å². The fraction of sp³-hybridized carbons (Fsp3) is 0. The lowest BCUT2D eigenvalue weighted by atomic mass is 9.98. The summed E-state index contributed by atoms with van der Waals surface area (Å²) in [5.74, 6) is 3.76. The van der Waals surface area contributed by atoms with Gasteiger partial charge in [-0.25, -0.2) is 44.9 Å². The van der Waals surface area contributed by atoms with E-state index < -0.39 is 0 Å². The molecule has 17 heteroatoms. The van der Waals surface area contributed by atoms with Crippen LogP contribution in [0.4, 0.5) is 0 Å². The van der Waals surface area contributed by atoms with Gasteiger partial charge in [-0.3, -0.25) is 0 Å². The number of nitrogens with zero attached hydrogens (tertiary/aromatic N) is 15. The normalized spacial score (nSPS) is 11.4. The second-order valence-corrected chi connectivity index (χ2v) is 30.4. The average molecular weight is 1550 g/mol. The summed E-state index contributed by atoms with van der Waals surface area (Å²) in [7, 11) is 0. The van der Waals surface area contributed by atoms with Gasteiger partial charge in [0.1, 0.15) is 37.6 Å². The number of fused-ring (bicyclic) bond motifs is 8. The van der Waals surface area contributed by atoms with Crippen molar-refractivity contribution in [2.24, 2.45) is 0 Å². The maximum absolute atomic E-state index is 5.02. The van der Waals surface area contributed by atoms with E-state index in [9.17, 15) is 0 Å². The summed E-state index contributed by atoms with van der Waals surface area (Å²) in [4.78, 5) is 46.2. The monoisotopic (exact) mass is 1550 g/mol. The van der Waals surface area contributed by atoms with Gasteiger partial charge < -0.3 is 0 Å². The summed E-state index contributed by atoms with van der Waals surface area (Å²) >= 11 is 3.16. The van der Waals surface area contributed by atoms with Crippen molar-refractivity contribution < 1.29 is 0 Å². The lowest BCUT2D eigenvalue weighted by Gasteiger charge is -2.10. The fourth-order valence-corrected chi connectivity index (χ4v) is 17.1. The first-order valence-electron chi connectivity index (χ1n) is 38.5. The molecular weight excluding hydrogens is 1490 g/mol. The van der Waals surface area contributed by atoms with Gasteiger partial charge >= 0.3 is 0 Å². The fourth-order valence-electron chi connectivity index (χ4n) is 14.9. The van der Waals surface area contributed by atoms with Gasteiger partial charge in [-0.1, -0.05) is 334 Å². The molecule has 22 rings (SSSR count). The Morgan fingerprint density at radius 1 is 0.169 bits per heavy atom. The van der Waals surface area contributed by atoms with Crippen molar-refractivity contribution in [1.82, 2.24) is 75.7 Å². The van der Waals surface area contributed by atoms with Crippen LogP contribution in [-0.2, 0) is 0 Å². The molecule has 0 saturated heterocycles. The van der Waals surface area contributed by atoms with Crippen LogP contribution in [0.3, 0.4) is 0 Å². The van der Waals surface area contributed by atoms with Crippen molar-refractivity contribution in [2.75, 3.05) is 0 Å². The highest BCUT2D eigenvalue weighted by Gasteiger charge is 2.22. The molecule has 22 aromatic rings. The van der Waals surface area contributed by atoms with Crippen molar-refractivity contribution in [3.63, 3.8) is 0 Å². The molecule has 0 aliphatic carbocycles. The number of rotatable bonds is 14. The van der Waals surface area contributed by atoms with Crippen LogP contribution in [0.25, 0.3) is 221 Å². The summed E-state index contributed by atoms with van der Waals surface area (Å²) in [6.45, 7) is 0. The van der Waals surface area contributed by atoms with Crippen LogP contribution in [0, 0.1) is 0 Å².